The zero-order valence-corrected chi connectivity index (χ0v) is 12.6. The summed E-state index contributed by atoms with van der Waals surface area (Å²) >= 11 is 5.09. The number of hydrogen-bond acceptors (Lipinski definition) is 3. The van der Waals surface area contributed by atoms with Crippen LogP contribution >= 0.6 is 12.2 Å². The molecule has 2 aromatic rings. The second-order valence-corrected chi connectivity index (χ2v) is 5.17. The topological polar surface area (TPSA) is 81.8 Å². The number of H-pyrrole nitrogens is 1. The van der Waals surface area contributed by atoms with Crippen molar-refractivity contribution in [1.82, 2.24) is 21.0 Å². The maximum absolute atomic E-state index is 11.9. The molecule has 1 heterocycles. The summed E-state index contributed by atoms with van der Waals surface area (Å²) in [6.07, 6.45) is 0. The highest BCUT2D eigenvalue weighted by Gasteiger charge is 2.12. The lowest BCUT2D eigenvalue weighted by Crippen LogP contribution is -2.43. The van der Waals surface area contributed by atoms with E-state index in [4.69, 9.17) is 12.2 Å². The van der Waals surface area contributed by atoms with Crippen molar-refractivity contribution < 1.29 is 4.79 Å². The first-order chi connectivity index (χ1) is 10.1. The molecule has 21 heavy (non-hydrogen) atoms. The van der Waals surface area contributed by atoms with E-state index in [0.29, 0.717) is 10.8 Å². The van der Waals surface area contributed by atoms with E-state index in [9.17, 15) is 4.79 Å². The highest BCUT2D eigenvalue weighted by Crippen LogP contribution is 2.11. The number of benzene rings is 1. The molecule has 0 radical (unpaired) electrons. The van der Waals surface area contributed by atoms with Gasteiger partial charge < -0.3 is 5.32 Å². The minimum atomic E-state index is -0.352. The molecule has 0 aliphatic rings. The van der Waals surface area contributed by atoms with E-state index < -0.39 is 0 Å². The molecule has 0 fully saturated rings. The number of rotatable bonds is 3. The van der Waals surface area contributed by atoms with E-state index in [0.717, 1.165) is 11.4 Å². The van der Waals surface area contributed by atoms with E-state index >= 15 is 0 Å². The minimum Gasteiger partial charge on any atom is -0.331 e. The van der Waals surface area contributed by atoms with Crippen LogP contribution in [0.25, 0.3) is 0 Å². The van der Waals surface area contributed by atoms with Gasteiger partial charge in [-0.25, -0.2) is 0 Å². The van der Waals surface area contributed by atoms with Gasteiger partial charge in [-0.2, -0.15) is 5.10 Å². The average Bonchev–Trinajstić information content (AvgIpc) is 2.96. The zero-order chi connectivity index (χ0) is 15.2. The Bertz CT molecular complexity index is 623. The SMILES string of the molecule is CC(C)c1cc(C(=O)NNC(=S)Nc2ccccc2)n[nH]1. The highest BCUT2D eigenvalue weighted by atomic mass is 32.1. The van der Waals surface area contributed by atoms with Crippen LogP contribution in [0.2, 0.25) is 0 Å². The van der Waals surface area contributed by atoms with Crippen LogP contribution in [0.1, 0.15) is 35.9 Å². The molecule has 1 amide bonds. The molecule has 110 valence electrons. The zero-order valence-electron chi connectivity index (χ0n) is 11.8. The minimum absolute atomic E-state index is 0.285. The number of amides is 1. The number of aromatic amines is 1. The predicted molar refractivity (Wildman–Crippen MR) is 85.9 cm³/mol. The van der Waals surface area contributed by atoms with Crippen molar-refractivity contribution in [3.05, 3.63) is 47.8 Å². The molecule has 6 nitrogen and oxygen atoms in total. The fraction of sp³-hybridized carbons (Fsp3) is 0.214. The number of nitrogens with zero attached hydrogens (tertiary/aromatic N) is 1. The Morgan fingerprint density at radius 1 is 1.24 bits per heavy atom. The molecule has 1 aromatic carbocycles. The Morgan fingerprint density at radius 3 is 2.57 bits per heavy atom. The number of nitrogens with one attached hydrogen (secondary N) is 4. The molecule has 4 N–H and O–H groups in total. The number of aromatic nitrogens is 2. The van der Waals surface area contributed by atoms with Gasteiger partial charge >= 0.3 is 0 Å². The van der Waals surface area contributed by atoms with Crippen LogP contribution in [-0.2, 0) is 0 Å². The molecule has 0 bridgehead atoms. The monoisotopic (exact) mass is 303 g/mol. The molecule has 0 unspecified atom stereocenters. The van der Waals surface area contributed by atoms with E-state index in [-0.39, 0.29) is 11.8 Å². The Hall–Kier alpha value is -2.41. The summed E-state index contributed by atoms with van der Waals surface area (Å²) in [4.78, 5) is 11.9. The van der Waals surface area contributed by atoms with Gasteiger partial charge in [0.25, 0.3) is 5.91 Å². The molecule has 7 heteroatoms. The first kappa shape index (κ1) is 15.0. The molecule has 0 saturated carbocycles. The van der Waals surface area contributed by atoms with Gasteiger partial charge in [-0.1, -0.05) is 32.0 Å². The fourth-order valence-corrected chi connectivity index (χ4v) is 1.78. The Labute approximate surface area is 128 Å². The molecule has 1 aromatic heterocycles. The third kappa shape index (κ3) is 4.28. The number of para-hydroxylation sites is 1. The van der Waals surface area contributed by atoms with Crippen molar-refractivity contribution in [3.63, 3.8) is 0 Å². The van der Waals surface area contributed by atoms with E-state index in [2.05, 4.69) is 26.4 Å². The first-order valence-electron chi connectivity index (χ1n) is 6.54. The van der Waals surface area contributed by atoms with E-state index in [1.54, 1.807) is 6.07 Å². The van der Waals surface area contributed by atoms with Crippen LogP contribution in [0, 0.1) is 0 Å². The van der Waals surface area contributed by atoms with Gasteiger partial charge in [0.15, 0.2) is 10.8 Å². The van der Waals surface area contributed by atoms with Crippen molar-refractivity contribution in [2.45, 2.75) is 19.8 Å². The summed E-state index contributed by atoms with van der Waals surface area (Å²) in [5.74, 6) is -0.0665. The fourth-order valence-electron chi connectivity index (χ4n) is 1.61. The smallest absolute Gasteiger partial charge is 0.290 e. The van der Waals surface area contributed by atoms with Crippen molar-refractivity contribution in [2.75, 3.05) is 5.32 Å². The highest BCUT2D eigenvalue weighted by molar-refractivity contribution is 7.80. The van der Waals surface area contributed by atoms with Crippen molar-refractivity contribution in [2.24, 2.45) is 0 Å². The Kier molecular flexibility index (Phi) is 4.89. The van der Waals surface area contributed by atoms with Crippen LogP contribution in [-0.4, -0.2) is 21.2 Å². The predicted octanol–water partition coefficient (Wildman–Crippen LogP) is 2.16. The quantitative estimate of drug-likeness (QED) is 0.516. The van der Waals surface area contributed by atoms with Gasteiger partial charge in [-0.3, -0.25) is 20.7 Å². The number of hydrogen-bond donors (Lipinski definition) is 4. The molecular formula is C14H17N5OS. The van der Waals surface area contributed by atoms with Crippen molar-refractivity contribution in [3.8, 4) is 0 Å². The third-order valence-corrected chi connectivity index (χ3v) is 2.98. The van der Waals surface area contributed by atoms with Crippen LogP contribution in [0.15, 0.2) is 36.4 Å². The number of anilines is 1. The largest absolute Gasteiger partial charge is 0.331 e. The number of carbonyl (C=O) groups is 1. The normalized spacial score (nSPS) is 10.2. The second-order valence-electron chi connectivity index (χ2n) is 4.76. The van der Waals surface area contributed by atoms with E-state index in [1.165, 1.54) is 0 Å². The summed E-state index contributed by atoms with van der Waals surface area (Å²) in [6, 6.07) is 11.2. The van der Waals surface area contributed by atoms with Crippen molar-refractivity contribution >= 4 is 28.9 Å². The van der Waals surface area contributed by atoms with Gasteiger partial charge in [-0.05, 0) is 36.3 Å². The van der Waals surface area contributed by atoms with Gasteiger partial charge in [0.05, 0.1) is 0 Å². The second kappa shape index (κ2) is 6.85. The lowest BCUT2D eigenvalue weighted by atomic mass is 10.1. The van der Waals surface area contributed by atoms with E-state index in [1.807, 2.05) is 44.2 Å². The lowest BCUT2D eigenvalue weighted by molar-refractivity contribution is 0.0939. The van der Waals surface area contributed by atoms with Crippen LogP contribution in [0.5, 0.6) is 0 Å². The van der Waals surface area contributed by atoms with Crippen molar-refractivity contribution in [1.29, 1.82) is 0 Å². The molecule has 2 rings (SSSR count). The summed E-state index contributed by atoms with van der Waals surface area (Å²) in [7, 11) is 0. The maximum Gasteiger partial charge on any atom is 0.290 e. The molecule has 0 aliphatic carbocycles. The van der Waals surface area contributed by atoms with Gasteiger partial charge in [0.2, 0.25) is 0 Å². The standard InChI is InChI=1S/C14H17N5OS/c1-9(2)11-8-12(17-16-11)13(20)18-19-14(21)15-10-6-4-3-5-7-10/h3-9H,1-2H3,(H,16,17)(H,18,20)(H2,15,19,21). The Balaban J connectivity index is 1.84. The van der Waals surface area contributed by atoms with Crippen LogP contribution in [0.3, 0.4) is 0 Å². The van der Waals surface area contributed by atoms with Crippen LogP contribution < -0.4 is 16.2 Å². The van der Waals surface area contributed by atoms with Crippen LogP contribution in [0.4, 0.5) is 5.69 Å². The molecular weight excluding hydrogens is 286 g/mol. The summed E-state index contributed by atoms with van der Waals surface area (Å²) in [5.41, 5.74) is 7.19. The Morgan fingerprint density at radius 2 is 1.95 bits per heavy atom. The molecule has 0 aliphatic heterocycles. The number of carbonyl (C=O) groups excluding carboxylic acids is 1. The first-order valence-corrected chi connectivity index (χ1v) is 6.95. The summed E-state index contributed by atoms with van der Waals surface area (Å²) in [6.45, 7) is 4.04. The average molecular weight is 303 g/mol. The molecule has 0 saturated heterocycles. The third-order valence-electron chi connectivity index (χ3n) is 2.77. The lowest BCUT2D eigenvalue weighted by Gasteiger charge is -2.10. The maximum atomic E-state index is 11.9. The van der Waals surface area contributed by atoms with Gasteiger partial charge in [0.1, 0.15) is 0 Å². The summed E-state index contributed by atoms with van der Waals surface area (Å²) in [5, 5.41) is 10.0. The van der Waals surface area contributed by atoms with Gasteiger partial charge in [0, 0.05) is 11.4 Å². The van der Waals surface area contributed by atoms with Gasteiger partial charge in [-0.15, -0.1) is 0 Å². The molecule has 0 spiro atoms. The number of hydrazine groups is 1. The molecule has 0 atom stereocenters. The number of thiocarbonyl (C=S) groups is 1. The summed E-state index contributed by atoms with van der Waals surface area (Å²) < 4.78 is 0.